The Bertz CT molecular complexity index is 1110. The topological polar surface area (TPSA) is 78.9 Å². The van der Waals surface area contributed by atoms with Crippen molar-refractivity contribution in [3.63, 3.8) is 0 Å². The van der Waals surface area contributed by atoms with Crippen molar-refractivity contribution in [3.8, 4) is 0 Å². The van der Waals surface area contributed by atoms with Gasteiger partial charge in [-0.15, -0.1) is 0 Å². The Morgan fingerprint density at radius 1 is 0.947 bits per heavy atom. The summed E-state index contributed by atoms with van der Waals surface area (Å²) in [6.07, 6.45) is 1.89. The van der Waals surface area contributed by atoms with Crippen molar-refractivity contribution in [1.82, 2.24) is 0 Å². The van der Waals surface area contributed by atoms with Gasteiger partial charge in [0, 0.05) is 0 Å². The maximum atomic E-state index is 13.8. The van der Waals surface area contributed by atoms with Crippen LogP contribution in [-0.4, -0.2) is 58.0 Å². The maximum absolute atomic E-state index is 13.8. The second kappa shape index (κ2) is 14.2. The minimum absolute atomic E-state index is 0.0344. The molecule has 0 spiro atoms. The molecule has 2 atom stereocenters. The van der Waals surface area contributed by atoms with Gasteiger partial charge in [0.25, 0.3) is 0 Å². The van der Waals surface area contributed by atoms with Crippen molar-refractivity contribution < 1.29 is 28.0 Å². The number of esters is 2. The first-order valence-electron chi connectivity index (χ1n) is 12.5. The molecule has 0 fully saturated rings. The fraction of sp³-hybridized carbons (Fsp3) is 0.467. The Balaban J connectivity index is 2.67. The van der Waals surface area contributed by atoms with Gasteiger partial charge >= 0.3 is 237 Å². The summed E-state index contributed by atoms with van der Waals surface area (Å²) < 4.78 is 31.3. The predicted octanol–water partition coefficient (Wildman–Crippen LogP) is 5.00. The minimum atomic E-state index is -1.71. The number of rotatable bonds is 13. The molecule has 2 unspecified atom stereocenters. The molecule has 0 N–H and O–H groups in total. The summed E-state index contributed by atoms with van der Waals surface area (Å²) in [5.41, 5.74) is -1.32. The molecule has 0 radical (unpaired) electrons. The van der Waals surface area contributed by atoms with Gasteiger partial charge in [-0.25, -0.2) is 0 Å². The van der Waals surface area contributed by atoms with Crippen molar-refractivity contribution in [1.29, 1.82) is 0 Å². The number of hydrogen-bond acceptors (Lipinski definition) is 6. The first kappa shape index (κ1) is 32.0. The van der Waals surface area contributed by atoms with Gasteiger partial charge in [-0.3, -0.25) is 0 Å². The summed E-state index contributed by atoms with van der Waals surface area (Å²) in [4.78, 5) is 28.0. The number of aryl methyl sites for hydroxylation is 1. The summed E-state index contributed by atoms with van der Waals surface area (Å²) in [6, 6.07) is 17.4. The Labute approximate surface area is 236 Å². The molecule has 2 rings (SSSR count). The second-order valence-electron chi connectivity index (χ2n) is 10.1. The fourth-order valence-electron chi connectivity index (χ4n) is 4.07. The van der Waals surface area contributed by atoms with Gasteiger partial charge in [0.15, 0.2) is 0 Å². The van der Waals surface area contributed by atoms with Crippen molar-refractivity contribution in [3.05, 3.63) is 71.1 Å². The van der Waals surface area contributed by atoms with Crippen molar-refractivity contribution in [2.75, 3.05) is 21.3 Å². The summed E-state index contributed by atoms with van der Waals surface area (Å²) in [5.74, 6) is -1.38. The third-order valence-electron chi connectivity index (χ3n) is 6.48. The molecule has 0 heterocycles. The number of hydrogen-bond donors (Lipinski definition) is 0. The molecule has 6 nitrogen and oxygen atoms in total. The number of carbonyl (C=O) groups is 2. The number of benzene rings is 2. The molecule has 0 aliphatic carbocycles. The van der Waals surface area contributed by atoms with E-state index in [-0.39, 0.29) is 38.5 Å². The molecule has 0 bridgehead atoms. The monoisotopic (exact) mass is 608 g/mol. The van der Waals surface area contributed by atoms with E-state index in [2.05, 4.69) is 0 Å². The Morgan fingerprint density at radius 3 is 1.97 bits per heavy atom. The van der Waals surface area contributed by atoms with Crippen molar-refractivity contribution >= 4 is 42.2 Å². The molecule has 0 aliphatic rings. The Kier molecular flexibility index (Phi) is 12.0. The van der Waals surface area contributed by atoms with Crippen LogP contribution in [0.3, 0.4) is 0 Å². The van der Waals surface area contributed by atoms with Gasteiger partial charge < -0.3 is 0 Å². The van der Waals surface area contributed by atoms with E-state index in [9.17, 15) is 13.8 Å². The van der Waals surface area contributed by atoms with E-state index in [0.29, 0.717) is 9.80 Å². The zero-order valence-electron chi connectivity index (χ0n) is 23.6. The summed E-state index contributed by atoms with van der Waals surface area (Å²) >= 11 is -0.161. The normalized spacial score (nSPS) is 14.2. The van der Waals surface area contributed by atoms with Crippen LogP contribution in [0.25, 0.3) is 0 Å². The van der Waals surface area contributed by atoms with Crippen molar-refractivity contribution in [2.45, 2.75) is 62.8 Å². The summed E-state index contributed by atoms with van der Waals surface area (Å²) in [6.45, 7) is 9.82. The van der Waals surface area contributed by atoms with Gasteiger partial charge in [0.1, 0.15) is 0 Å². The van der Waals surface area contributed by atoms with Crippen LogP contribution in [0.5, 0.6) is 0 Å². The molecule has 208 valence electrons. The zero-order chi connectivity index (χ0) is 28.5. The average molecular weight is 608 g/mol. The molecule has 0 aliphatic heterocycles. The predicted molar refractivity (Wildman–Crippen MR) is 153 cm³/mol. The molecule has 2 aromatic rings. The number of allylic oxidation sites excluding steroid dienone is 2. The van der Waals surface area contributed by atoms with E-state index in [0.717, 1.165) is 10.0 Å². The SMILES string of the molecule is COC(=O)C(C/C(=C/C(C)C)S(=O)c1ccc(C)cc1)(CC([Se]c1ccccc1)C(C)(C)OC)C(=O)OC. The molecule has 0 saturated heterocycles. The third-order valence-corrected chi connectivity index (χ3v) is 11.2. The molecule has 8 heteroatoms. The van der Waals surface area contributed by atoms with E-state index in [1.165, 1.54) is 14.2 Å². The quantitative estimate of drug-likeness (QED) is 0.181. The molecular weight excluding hydrogens is 567 g/mol. The van der Waals surface area contributed by atoms with Gasteiger partial charge in [-0.1, -0.05) is 0 Å². The summed E-state index contributed by atoms with van der Waals surface area (Å²) in [7, 11) is 2.57. The van der Waals surface area contributed by atoms with Crippen LogP contribution in [0.4, 0.5) is 0 Å². The molecular formula is C30H40O6SSe. The molecule has 0 aromatic heterocycles. The van der Waals surface area contributed by atoms with Crippen LogP contribution in [0.2, 0.25) is 4.82 Å². The van der Waals surface area contributed by atoms with E-state index >= 15 is 0 Å². The van der Waals surface area contributed by atoms with Crippen molar-refractivity contribution in [2.24, 2.45) is 11.3 Å². The first-order valence-corrected chi connectivity index (χ1v) is 15.5. The van der Waals surface area contributed by atoms with Crippen LogP contribution in [-0.2, 0) is 34.6 Å². The van der Waals surface area contributed by atoms with E-state index < -0.39 is 33.8 Å². The summed E-state index contributed by atoms with van der Waals surface area (Å²) in [5, 5.41) is 0. The Hall–Kier alpha value is -2.25. The third kappa shape index (κ3) is 8.12. The van der Waals surface area contributed by atoms with Crippen LogP contribution in [0, 0.1) is 18.3 Å². The van der Waals surface area contributed by atoms with E-state index in [1.54, 1.807) is 7.11 Å². The van der Waals surface area contributed by atoms with Crippen LogP contribution < -0.4 is 4.46 Å². The van der Waals surface area contributed by atoms with Crippen LogP contribution in [0.1, 0.15) is 46.1 Å². The van der Waals surface area contributed by atoms with Gasteiger partial charge in [0.05, 0.1) is 0 Å². The van der Waals surface area contributed by atoms with E-state index in [4.69, 9.17) is 14.2 Å². The Morgan fingerprint density at radius 2 is 1.50 bits per heavy atom. The molecule has 0 amide bonds. The number of methoxy groups -OCH3 is 3. The average Bonchev–Trinajstić information content (AvgIpc) is 2.91. The van der Waals surface area contributed by atoms with Gasteiger partial charge in [-0.2, -0.15) is 0 Å². The fourth-order valence-corrected chi connectivity index (χ4v) is 8.44. The van der Waals surface area contributed by atoms with Gasteiger partial charge in [-0.05, 0) is 0 Å². The molecule has 0 saturated carbocycles. The van der Waals surface area contributed by atoms with E-state index in [1.807, 2.05) is 95.3 Å². The molecule has 38 heavy (non-hydrogen) atoms. The van der Waals surface area contributed by atoms with Gasteiger partial charge in [0.2, 0.25) is 0 Å². The zero-order valence-corrected chi connectivity index (χ0v) is 26.1. The molecule has 2 aromatic carbocycles. The standard InChI is InChI=1S/C30H40O6SSe/c1-21(2)18-24(37(33)23-16-14-22(3)15-17-23)19-30(27(31)34-6,28(32)35-7)20-26(29(4,5)36-8)38-25-12-10-9-11-13-25/h9-18,21,26H,19-20H2,1-8H3/b24-18-. The number of carbonyl (C=O) groups excluding carboxylic acids is 2. The number of ether oxygens (including phenoxy) is 3. The van der Waals surface area contributed by atoms with Crippen LogP contribution in [0.15, 0.2) is 70.5 Å². The first-order chi connectivity index (χ1) is 17.9. The second-order valence-corrected chi connectivity index (χ2v) is 14.3. The van der Waals surface area contributed by atoms with Crippen LogP contribution >= 0.6 is 0 Å².